The third-order valence-corrected chi connectivity index (χ3v) is 9.22. The van der Waals surface area contributed by atoms with Crippen LogP contribution in [0.1, 0.15) is 142 Å². The molecule has 0 rings (SSSR count). The number of phosphoric ester groups is 1. The Morgan fingerprint density at radius 2 is 0.964 bits per heavy atom. The van der Waals surface area contributed by atoms with Crippen LogP contribution in [-0.2, 0) is 27.9 Å². The molecule has 3 atom stereocenters. The average Bonchev–Trinajstić information content (AvgIpc) is 3.19. The van der Waals surface area contributed by atoms with Crippen molar-refractivity contribution in [2.24, 2.45) is 0 Å². The van der Waals surface area contributed by atoms with Gasteiger partial charge in [0.25, 0.3) is 0 Å². The van der Waals surface area contributed by atoms with Crippen molar-refractivity contribution in [1.29, 1.82) is 0 Å². The van der Waals surface area contributed by atoms with Gasteiger partial charge in [0.05, 0.1) is 26.4 Å². The first-order chi connectivity index (χ1) is 27.3. The smallest absolute Gasteiger partial charge is 0.457 e. The Bertz CT molecular complexity index is 1190. The molecule has 0 aromatic rings. The summed E-state index contributed by atoms with van der Waals surface area (Å²) in [5.41, 5.74) is 0. The van der Waals surface area contributed by atoms with Crippen LogP contribution in [0, 0.1) is 0 Å². The van der Waals surface area contributed by atoms with Gasteiger partial charge in [-0.2, -0.15) is 0 Å². The van der Waals surface area contributed by atoms with Gasteiger partial charge in [0.2, 0.25) is 0 Å². The lowest BCUT2D eigenvalue weighted by Gasteiger charge is -2.20. The highest BCUT2D eigenvalue weighted by Crippen LogP contribution is 2.43. The Balaban J connectivity index is 4.31. The van der Waals surface area contributed by atoms with Gasteiger partial charge in [-0.1, -0.05) is 150 Å². The molecule has 0 aliphatic carbocycles. The van der Waals surface area contributed by atoms with Crippen molar-refractivity contribution in [3.63, 3.8) is 0 Å². The van der Waals surface area contributed by atoms with Crippen molar-refractivity contribution >= 4 is 13.8 Å². The van der Waals surface area contributed by atoms with E-state index in [1.165, 1.54) is 32.1 Å². The average molecular weight is 805 g/mol. The number of carbonyl (C=O) groups excluding carboxylic acids is 1. The number of esters is 1. The molecule has 3 unspecified atom stereocenters. The number of unbranched alkanes of at least 4 members (excludes halogenated alkanes) is 9. The number of aliphatic hydroxyl groups is 2. The van der Waals surface area contributed by atoms with Crippen LogP contribution in [0.25, 0.3) is 0 Å². The standard InChI is InChI=1S/C46H77O9P/c1-3-5-7-9-11-13-15-17-19-21-23-25-27-29-31-33-35-37-39-52-42-45(43-54-56(50,51)53-41-44(48)40-47)55-46(49)38-36-34-32-30-28-26-24-22-20-18-16-14-12-10-8-6-4-2/h5-8,11-14,17-20,24,26,30,32,44-45,47-48H,3-4,9-10,15-16,21-23,25,27-29,31,33-43H2,1-2H3,(H,50,51)/b7-5-,8-6-,13-11-,14-12-,19-17-,20-18-,26-24-,32-30-. The van der Waals surface area contributed by atoms with Gasteiger partial charge in [0, 0.05) is 13.0 Å². The van der Waals surface area contributed by atoms with E-state index in [4.69, 9.17) is 23.6 Å². The molecule has 0 heterocycles. The second kappa shape index (κ2) is 42.0. The van der Waals surface area contributed by atoms with Crippen LogP contribution in [-0.4, -0.2) is 66.3 Å². The zero-order chi connectivity index (χ0) is 41.1. The number of ether oxygens (including phenoxy) is 2. The van der Waals surface area contributed by atoms with Gasteiger partial charge >= 0.3 is 13.8 Å². The largest absolute Gasteiger partial charge is 0.472 e. The minimum Gasteiger partial charge on any atom is -0.457 e. The van der Waals surface area contributed by atoms with Gasteiger partial charge in [-0.05, 0) is 83.5 Å². The third-order valence-electron chi connectivity index (χ3n) is 8.27. The van der Waals surface area contributed by atoms with E-state index in [9.17, 15) is 19.4 Å². The fourth-order valence-electron chi connectivity index (χ4n) is 5.11. The Kier molecular flexibility index (Phi) is 40.0. The molecular formula is C46H77O9P. The van der Waals surface area contributed by atoms with Crippen LogP contribution in [0.4, 0.5) is 0 Å². The zero-order valence-electron chi connectivity index (χ0n) is 34.8. The van der Waals surface area contributed by atoms with Gasteiger partial charge in [-0.15, -0.1) is 0 Å². The fourth-order valence-corrected chi connectivity index (χ4v) is 5.90. The van der Waals surface area contributed by atoms with Crippen LogP contribution in [0.15, 0.2) is 97.2 Å². The summed E-state index contributed by atoms with van der Waals surface area (Å²) in [7, 11) is -4.54. The van der Waals surface area contributed by atoms with E-state index in [2.05, 4.69) is 105 Å². The first-order valence-electron chi connectivity index (χ1n) is 21.2. The molecule has 3 N–H and O–H groups in total. The molecule has 0 spiro atoms. The molecule has 0 aromatic heterocycles. The highest BCUT2D eigenvalue weighted by atomic mass is 31.2. The SMILES string of the molecule is CC/C=C\C/C=C\C/C=C\C/C=C\C/C=C\CCCC(=O)OC(COCCCCCCCCCC/C=C\C/C=C\C/C=C\CC)COP(=O)(O)OCC(O)CO. The predicted octanol–water partition coefficient (Wildman–Crippen LogP) is 11.7. The van der Waals surface area contributed by atoms with Gasteiger partial charge < -0.3 is 24.6 Å². The van der Waals surface area contributed by atoms with Crippen LogP contribution in [0.3, 0.4) is 0 Å². The molecule has 0 amide bonds. The van der Waals surface area contributed by atoms with E-state index < -0.39 is 45.8 Å². The van der Waals surface area contributed by atoms with Crippen LogP contribution >= 0.6 is 7.82 Å². The normalized spacial score (nSPS) is 15.0. The Hall–Kier alpha value is -2.62. The molecule has 10 heteroatoms. The van der Waals surface area contributed by atoms with Crippen LogP contribution < -0.4 is 0 Å². The second-order valence-electron chi connectivity index (χ2n) is 13.6. The summed E-state index contributed by atoms with van der Waals surface area (Å²) in [6.45, 7) is 3.17. The van der Waals surface area contributed by atoms with Gasteiger partial charge in [-0.25, -0.2) is 4.57 Å². The van der Waals surface area contributed by atoms with Gasteiger partial charge in [-0.3, -0.25) is 13.8 Å². The number of hydrogen-bond donors (Lipinski definition) is 3. The summed E-state index contributed by atoms with van der Waals surface area (Å²) in [4.78, 5) is 22.5. The lowest BCUT2D eigenvalue weighted by atomic mass is 10.1. The fraction of sp³-hybridized carbons (Fsp3) is 0.630. The Morgan fingerprint density at radius 3 is 1.45 bits per heavy atom. The quantitative estimate of drug-likeness (QED) is 0.0240. The van der Waals surface area contributed by atoms with Gasteiger partial charge in [0.15, 0.2) is 0 Å². The van der Waals surface area contributed by atoms with Crippen molar-refractivity contribution in [2.75, 3.05) is 33.0 Å². The maximum Gasteiger partial charge on any atom is 0.472 e. The van der Waals surface area contributed by atoms with E-state index in [0.29, 0.717) is 13.0 Å². The summed E-state index contributed by atoms with van der Waals surface area (Å²) >= 11 is 0. The van der Waals surface area contributed by atoms with E-state index in [-0.39, 0.29) is 13.0 Å². The van der Waals surface area contributed by atoms with Crippen molar-refractivity contribution in [3.05, 3.63) is 97.2 Å². The maximum atomic E-state index is 12.6. The van der Waals surface area contributed by atoms with E-state index in [0.717, 1.165) is 83.5 Å². The third kappa shape index (κ3) is 41.0. The number of phosphoric acid groups is 1. The minimum absolute atomic E-state index is 0.0147. The molecule has 0 aliphatic rings. The number of rotatable bonds is 39. The molecule has 0 saturated heterocycles. The molecule has 0 saturated carbocycles. The molecule has 0 aromatic carbocycles. The second-order valence-corrected chi connectivity index (χ2v) is 15.0. The van der Waals surface area contributed by atoms with Crippen LogP contribution in [0.2, 0.25) is 0 Å². The summed E-state index contributed by atoms with van der Waals surface area (Å²) in [5, 5.41) is 18.3. The van der Waals surface area contributed by atoms with Crippen LogP contribution in [0.5, 0.6) is 0 Å². The minimum atomic E-state index is -4.54. The van der Waals surface area contributed by atoms with Crippen molar-refractivity contribution in [2.45, 2.75) is 154 Å². The lowest BCUT2D eigenvalue weighted by molar-refractivity contribution is -0.154. The number of aliphatic hydroxyl groups excluding tert-OH is 2. The summed E-state index contributed by atoms with van der Waals surface area (Å²) in [5.74, 6) is -0.446. The van der Waals surface area contributed by atoms with E-state index in [1.807, 2.05) is 6.08 Å². The van der Waals surface area contributed by atoms with Crippen molar-refractivity contribution < 1.29 is 43.0 Å². The molecule has 0 bridgehead atoms. The van der Waals surface area contributed by atoms with Crippen molar-refractivity contribution in [3.8, 4) is 0 Å². The summed E-state index contributed by atoms with van der Waals surface area (Å²) in [6.07, 6.45) is 52.3. The lowest BCUT2D eigenvalue weighted by Crippen LogP contribution is -2.29. The first-order valence-corrected chi connectivity index (χ1v) is 22.7. The number of allylic oxidation sites excluding steroid dienone is 16. The number of hydrogen-bond acceptors (Lipinski definition) is 8. The molecule has 0 fully saturated rings. The molecule has 0 aliphatic heterocycles. The Morgan fingerprint density at radius 1 is 0.554 bits per heavy atom. The highest BCUT2D eigenvalue weighted by molar-refractivity contribution is 7.47. The van der Waals surface area contributed by atoms with Gasteiger partial charge in [0.1, 0.15) is 12.2 Å². The first kappa shape index (κ1) is 53.4. The zero-order valence-corrected chi connectivity index (χ0v) is 35.7. The maximum absolute atomic E-state index is 12.6. The van der Waals surface area contributed by atoms with E-state index in [1.54, 1.807) is 0 Å². The highest BCUT2D eigenvalue weighted by Gasteiger charge is 2.26. The predicted molar refractivity (Wildman–Crippen MR) is 232 cm³/mol. The molecule has 320 valence electrons. The Labute approximate surface area is 340 Å². The van der Waals surface area contributed by atoms with E-state index >= 15 is 0 Å². The molecular weight excluding hydrogens is 727 g/mol. The summed E-state index contributed by atoms with van der Waals surface area (Å²) in [6, 6.07) is 0. The van der Waals surface area contributed by atoms with Crippen molar-refractivity contribution in [1.82, 2.24) is 0 Å². The monoisotopic (exact) mass is 805 g/mol. The topological polar surface area (TPSA) is 132 Å². The molecule has 56 heavy (non-hydrogen) atoms. The molecule has 0 radical (unpaired) electrons. The summed E-state index contributed by atoms with van der Waals surface area (Å²) < 4.78 is 33.3. The number of carbonyl (C=O) groups is 1. The molecule has 9 nitrogen and oxygen atoms in total.